The van der Waals surface area contributed by atoms with Gasteiger partial charge in [0.25, 0.3) is 0 Å². The number of aryl methyl sites for hydroxylation is 2. The van der Waals surface area contributed by atoms with Crippen molar-refractivity contribution >= 4 is 0 Å². The number of hydrogen-bond donors (Lipinski definition) is 0. The Kier molecular flexibility index (Phi) is 11.6. The van der Waals surface area contributed by atoms with E-state index in [-0.39, 0.29) is 19.5 Å². The fourth-order valence-corrected chi connectivity index (χ4v) is 1.28. The third kappa shape index (κ3) is 6.63. The van der Waals surface area contributed by atoms with Crippen LogP contribution in [0.3, 0.4) is 0 Å². The first kappa shape index (κ1) is 18.7. The molecular formula is C15H22NRu. The van der Waals surface area contributed by atoms with Gasteiger partial charge in [0, 0.05) is 0 Å². The number of allylic oxidation sites excluding steroid dienone is 4. The molecule has 0 saturated carbocycles. The summed E-state index contributed by atoms with van der Waals surface area (Å²) in [6.07, 6.45) is 13.2. The van der Waals surface area contributed by atoms with E-state index >= 15 is 0 Å². The molecule has 95 valence electrons. The average molecular weight is 317 g/mol. The molecule has 0 spiro atoms. The molecule has 0 bridgehead atoms. The molecule has 1 aromatic heterocycles. The van der Waals surface area contributed by atoms with Gasteiger partial charge >= 0.3 is 19.5 Å². The van der Waals surface area contributed by atoms with Crippen molar-refractivity contribution in [2.24, 2.45) is 7.05 Å². The van der Waals surface area contributed by atoms with E-state index in [9.17, 15) is 0 Å². The second-order valence-corrected chi connectivity index (χ2v) is 3.51. The van der Waals surface area contributed by atoms with E-state index in [1.54, 1.807) is 6.92 Å². The van der Waals surface area contributed by atoms with Crippen LogP contribution in [0.5, 0.6) is 0 Å². The maximum absolute atomic E-state index is 3.25. The normalized spacial score (nSPS) is 10.9. The van der Waals surface area contributed by atoms with Gasteiger partial charge in [-0.25, -0.2) is 12.2 Å². The molecule has 0 aliphatic heterocycles. The Morgan fingerprint density at radius 2 is 1.82 bits per heavy atom. The molecule has 1 aliphatic carbocycles. The maximum atomic E-state index is 3.25. The molecular weight excluding hydrogens is 295 g/mol. The van der Waals surface area contributed by atoms with Gasteiger partial charge < -0.3 is 11.5 Å². The van der Waals surface area contributed by atoms with Crippen LogP contribution in [0.4, 0.5) is 0 Å². The summed E-state index contributed by atoms with van der Waals surface area (Å²) in [5.74, 6) is 0. The van der Waals surface area contributed by atoms with Gasteiger partial charge in [-0.15, -0.1) is 18.3 Å². The summed E-state index contributed by atoms with van der Waals surface area (Å²) in [6.45, 7) is 11.3. The third-order valence-corrected chi connectivity index (χ3v) is 2.53. The fraction of sp³-hybridized carbons (Fsp3) is 0.400. The van der Waals surface area contributed by atoms with Crippen molar-refractivity contribution in [2.75, 3.05) is 0 Å². The Hall–Kier alpha value is -0.617. The van der Waals surface area contributed by atoms with E-state index < -0.39 is 0 Å². The van der Waals surface area contributed by atoms with E-state index in [1.807, 2.05) is 23.8 Å². The minimum absolute atomic E-state index is 0. The molecule has 0 unspecified atom stereocenters. The van der Waals surface area contributed by atoms with Crippen molar-refractivity contribution in [2.45, 2.75) is 34.1 Å². The summed E-state index contributed by atoms with van der Waals surface area (Å²) in [7, 11) is 2.02. The second-order valence-electron chi connectivity index (χ2n) is 3.51. The van der Waals surface area contributed by atoms with Crippen molar-refractivity contribution in [3.63, 3.8) is 0 Å². The van der Waals surface area contributed by atoms with Crippen molar-refractivity contribution < 1.29 is 19.5 Å². The molecule has 1 aliphatic rings. The van der Waals surface area contributed by atoms with Gasteiger partial charge in [-0.05, 0) is 7.05 Å². The standard InChI is InChI=1S/C8H12N.C5H5.C2H5.Ru/c1-6-5-9(4)8(3)7(6)2;1-2-4-5-3-1;1-2;/h1-4H3;1-3H,4H2;1H2,2H3;/q3*-1;+3. The van der Waals surface area contributed by atoms with E-state index in [0.717, 1.165) is 6.42 Å². The number of aromatic nitrogens is 1. The molecule has 1 aromatic rings. The quantitative estimate of drug-likeness (QED) is 0.505. The Morgan fingerprint density at radius 3 is 1.94 bits per heavy atom. The van der Waals surface area contributed by atoms with Gasteiger partial charge in [-0.2, -0.15) is 24.1 Å². The summed E-state index contributed by atoms with van der Waals surface area (Å²) in [5.41, 5.74) is 3.93. The van der Waals surface area contributed by atoms with E-state index in [2.05, 4.69) is 46.0 Å². The minimum Gasteiger partial charge on any atom is -0.470 e. The van der Waals surface area contributed by atoms with Gasteiger partial charge in [-0.1, -0.05) is 20.8 Å². The summed E-state index contributed by atoms with van der Waals surface area (Å²) in [6, 6.07) is 0. The summed E-state index contributed by atoms with van der Waals surface area (Å²) in [5, 5.41) is 0. The van der Waals surface area contributed by atoms with Crippen LogP contribution < -0.4 is 0 Å². The number of hydrogen-bond acceptors (Lipinski definition) is 0. The molecule has 0 aromatic carbocycles. The molecule has 0 saturated heterocycles. The van der Waals surface area contributed by atoms with Crippen LogP contribution in [0, 0.1) is 40.0 Å². The van der Waals surface area contributed by atoms with Gasteiger partial charge in [-0.3, -0.25) is 6.08 Å². The Bertz CT molecular complexity index is 327. The van der Waals surface area contributed by atoms with Crippen LogP contribution in [-0.2, 0) is 26.5 Å². The fourth-order valence-electron chi connectivity index (χ4n) is 1.28. The van der Waals surface area contributed by atoms with Crippen molar-refractivity contribution in [3.05, 3.63) is 54.2 Å². The van der Waals surface area contributed by atoms with E-state index in [4.69, 9.17) is 0 Å². The van der Waals surface area contributed by atoms with Crippen LogP contribution in [0.15, 0.2) is 18.2 Å². The largest absolute Gasteiger partial charge is 3.00 e. The Labute approximate surface area is 119 Å². The predicted molar refractivity (Wildman–Crippen MR) is 71.1 cm³/mol. The Balaban J connectivity index is 0. The number of rotatable bonds is 0. The average Bonchev–Trinajstić information content (AvgIpc) is 2.93. The summed E-state index contributed by atoms with van der Waals surface area (Å²) < 4.78 is 2.03. The van der Waals surface area contributed by atoms with Crippen LogP contribution >= 0.6 is 0 Å². The van der Waals surface area contributed by atoms with Gasteiger partial charge in [0.15, 0.2) is 0 Å². The molecule has 0 atom stereocenters. The zero-order chi connectivity index (χ0) is 12.6. The summed E-state index contributed by atoms with van der Waals surface area (Å²) in [4.78, 5) is 0. The van der Waals surface area contributed by atoms with Crippen LogP contribution in [-0.4, -0.2) is 4.57 Å². The first-order chi connectivity index (χ1) is 7.63. The van der Waals surface area contributed by atoms with Crippen LogP contribution in [0.1, 0.15) is 30.2 Å². The molecule has 2 rings (SSSR count). The van der Waals surface area contributed by atoms with Gasteiger partial charge in [0.2, 0.25) is 0 Å². The number of nitrogens with zero attached hydrogens (tertiary/aromatic N) is 1. The van der Waals surface area contributed by atoms with Gasteiger partial charge in [0.1, 0.15) is 0 Å². The first-order valence-corrected chi connectivity index (χ1v) is 5.57. The monoisotopic (exact) mass is 318 g/mol. The topological polar surface area (TPSA) is 4.93 Å². The smallest absolute Gasteiger partial charge is 0.470 e. The van der Waals surface area contributed by atoms with Crippen molar-refractivity contribution in [1.82, 2.24) is 4.57 Å². The van der Waals surface area contributed by atoms with Crippen molar-refractivity contribution in [3.8, 4) is 0 Å². The zero-order valence-corrected chi connectivity index (χ0v) is 13.2. The molecule has 0 N–H and O–H groups in total. The molecule has 0 fully saturated rings. The predicted octanol–water partition coefficient (Wildman–Crippen LogP) is 3.89. The van der Waals surface area contributed by atoms with Crippen LogP contribution in [0.2, 0.25) is 0 Å². The maximum Gasteiger partial charge on any atom is 3.00 e. The zero-order valence-electron chi connectivity index (χ0n) is 11.4. The first-order valence-electron chi connectivity index (χ1n) is 5.57. The molecule has 0 amide bonds. The third-order valence-electron chi connectivity index (χ3n) is 2.53. The van der Waals surface area contributed by atoms with Crippen molar-refractivity contribution in [1.29, 1.82) is 0 Å². The SMILES string of the molecule is Cc1[c-]n(C)c(C)c1C.[C-]1=CC=CC1.[CH2-]C.[Ru+3]. The summed E-state index contributed by atoms with van der Waals surface area (Å²) >= 11 is 0. The Morgan fingerprint density at radius 1 is 1.24 bits per heavy atom. The van der Waals surface area contributed by atoms with Crippen LogP contribution in [0.25, 0.3) is 0 Å². The minimum atomic E-state index is 0. The molecule has 1 nitrogen and oxygen atoms in total. The molecule has 17 heavy (non-hydrogen) atoms. The van der Waals surface area contributed by atoms with E-state index in [0.29, 0.717) is 0 Å². The van der Waals surface area contributed by atoms with E-state index in [1.165, 1.54) is 16.8 Å². The molecule has 1 heterocycles. The van der Waals surface area contributed by atoms with Gasteiger partial charge in [0.05, 0.1) is 0 Å². The molecule has 2 heteroatoms. The second kappa shape index (κ2) is 10.5. The molecule has 1 radical (unpaired) electrons.